The lowest BCUT2D eigenvalue weighted by Gasteiger charge is -2.41. The predicted molar refractivity (Wildman–Crippen MR) is 112 cm³/mol. The van der Waals surface area contributed by atoms with E-state index in [-0.39, 0.29) is 23.8 Å². The fourth-order valence-electron chi connectivity index (χ4n) is 4.04. The first-order valence-electron chi connectivity index (χ1n) is 10.1. The zero-order valence-corrected chi connectivity index (χ0v) is 17.4. The Morgan fingerprint density at radius 3 is 2.55 bits per heavy atom. The number of carbonyl (C=O) groups is 2. The molecule has 1 fully saturated rings. The molecule has 29 heavy (non-hydrogen) atoms. The molecular formula is C22H28N4O3. The van der Waals surface area contributed by atoms with Crippen molar-refractivity contribution in [2.45, 2.75) is 58.7 Å². The highest BCUT2D eigenvalue weighted by molar-refractivity contribution is 6.06. The van der Waals surface area contributed by atoms with Crippen molar-refractivity contribution < 1.29 is 14.7 Å². The normalized spacial score (nSPS) is 19.3. The van der Waals surface area contributed by atoms with E-state index in [2.05, 4.69) is 5.10 Å². The van der Waals surface area contributed by atoms with E-state index in [1.54, 1.807) is 36.5 Å². The molecule has 7 heteroatoms. The van der Waals surface area contributed by atoms with Crippen LogP contribution in [-0.2, 0) is 16.1 Å². The van der Waals surface area contributed by atoms with Crippen molar-refractivity contribution >= 4 is 23.2 Å². The molecule has 0 radical (unpaired) electrons. The molecule has 1 aliphatic heterocycles. The number of benzene rings is 1. The molecule has 0 spiro atoms. The molecular weight excluding hydrogens is 368 g/mol. The van der Waals surface area contributed by atoms with Gasteiger partial charge in [-0.15, -0.1) is 0 Å². The number of rotatable bonds is 4. The SMILES string of the molecule is CC(=O)N1c2ccc(-c3cnn(CC(C)(C)O)c3)cc2N(C(=O)C2CC2)C[C@@H]1C. The molecule has 7 nitrogen and oxygen atoms in total. The van der Waals surface area contributed by atoms with Gasteiger partial charge in [0.1, 0.15) is 0 Å². The number of anilines is 2. The summed E-state index contributed by atoms with van der Waals surface area (Å²) in [5.74, 6) is 0.233. The summed E-state index contributed by atoms with van der Waals surface area (Å²) in [4.78, 5) is 28.8. The summed E-state index contributed by atoms with van der Waals surface area (Å²) in [6.07, 6.45) is 5.54. The van der Waals surface area contributed by atoms with Crippen LogP contribution in [0.1, 0.15) is 40.5 Å². The van der Waals surface area contributed by atoms with Crippen LogP contribution in [0.25, 0.3) is 11.1 Å². The summed E-state index contributed by atoms with van der Waals surface area (Å²) in [5.41, 5.74) is 2.53. The molecule has 2 aliphatic rings. The maximum Gasteiger partial charge on any atom is 0.230 e. The topological polar surface area (TPSA) is 78.7 Å². The third kappa shape index (κ3) is 3.92. The van der Waals surface area contributed by atoms with Crippen LogP contribution in [0.15, 0.2) is 30.6 Å². The van der Waals surface area contributed by atoms with Crippen molar-refractivity contribution in [3.05, 3.63) is 30.6 Å². The largest absolute Gasteiger partial charge is 0.389 e. The van der Waals surface area contributed by atoms with Crippen LogP contribution < -0.4 is 9.80 Å². The minimum absolute atomic E-state index is 0.0250. The van der Waals surface area contributed by atoms with Gasteiger partial charge in [-0.25, -0.2) is 0 Å². The first-order valence-corrected chi connectivity index (χ1v) is 10.1. The Labute approximate surface area is 170 Å². The van der Waals surface area contributed by atoms with E-state index < -0.39 is 5.60 Å². The van der Waals surface area contributed by atoms with E-state index in [4.69, 9.17) is 0 Å². The van der Waals surface area contributed by atoms with Crippen molar-refractivity contribution in [2.24, 2.45) is 5.92 Å². The maximum absolute atomic E-state index is 12.9. The third-order valence-corrected chi connectivity index (χ3v) is 5.46. The molecule has 0 saturated heterocycles. The monoisotopic (exact) mass is 396 g/mol. The fraction of sp³-hybridized carbons (Fsp3) is 0.500. The van der Waals surface area contributed by atoms with E-state index in [0.29, 0.717) is 13.1 Å². The summed E-state index contributed by atoms with van der Waals surface area (Å²) in [7, 11) is 0. The highest BCUT2D eigenvalue weighted by atomic mass is 16.3. The van der Waals surface area contributed by atoms with Gasteiger partial charge >= 0.3 is 0 Å². The molecule has 1 aliphatic carbocycles. The minimum Gasteiger partial charge on any atom is -0.389 e. The van der Waals surface area contributed by atoms with Crippen molar-refractivity contribution in [1.82, 2.24) is 9.78 Å². The van der Waals surface area contributed by atoms with Gasteiger partial charge in [0.15, 0.2) is 0 Å². The highest BCUT2D eigenvalue weighted by Gasteiger charge is 2.39. The molecule has 1 N–H and O–H groups in total. The summed E-state index contributed by atoms with van der Waals surface area (Å²) in [6, 6.07) is 5.78. The molecule has 2 amide bonds. The minimum atomic E-state index is -0.856. The van der Waals surface area contributed by atoms with Gasteiger partial charge in [-0.1, -0.05) is 6.07 Å². The van der Waals surface area contributed by atoms with Crippen LogP contribution in [0.5, 0.6) is 0 Å². The lowest BCUT2D eigenvalue weighted by Crippen LogP contribution is -2.51. The Balaban J connectivity index is 1.73. The molecule has 1 aromatic heterocycles. The smallest absolute Gasteiger partial charge is 0.230 e. The second-order valence-corrected chi connectivity index (χ2v) is 8.90. The van der Waals surface area contributed by atoms with Gasteiger partial charge < -0.3 is 14.9 Å². The quantitative estimate of drug-likeness (QED) is 0.862. The van der Waals surface area contributed by atoms with Crippen molar-refractivity contribution in [2.75, 3.05) is 16.3 Å². The zero-order chi connectivity index (χ0) is 20.9. The average Bonchev–Trinajstić information content (AvgIpc) is 3.38. The number of fused-ring (bicyclic) bond motifs is 1. The second kappa shape index (κ2) is 6.99. The molecule has 0 unspecified atom stereocenters. The molecule has 2 heterocycles. The number of aromatic nitrogens is 2. The van der Waals surface area contributed by atoms with Crippen LogP contribution in [-0.4, -0.2) is 44.9 Å². The van der Waals surface area contributed by atoms with Gasteiger partial charge in [-0.2, -0.15) is 5.10 Å². The van der Waals surface area contributed by atoms with Gasteiger partial charge in [-0.3, -0.25) is 14.3 Å². The van der Waals surface area contributed by atoms with Gasteiger partial charge in [-0.05, 0) is 51.3 Å². The van der Waals surface area contributed by atoms with Crippen LogP contribution in [0, 0.1) is 5.92 Å². The summed E-state index contributed by atoms with van der Waals surface area (Å²) in [5, 5.41) is 14.4. The summed E-state index contributed by atoms with van der Waals surface area (Å²) in [6.45, 7) is 7.92. The molecule has 1 aromatic carbocycles. The fourth-order valence-corrected chi connectivity index (χ4v) is 4.04. The molecule has 4 rings (SSSR count). The van der Waals surface area contributed by atoms with E-state index in [1.165, 1.54) is 0 Å². The van der Waals surface area contributed by atoms with Crippen LogP contribution >= 0.6 is 0 Å². The Kier molecular flexibility index (Phi) is 4.73. The van der Waals surface area contributed by atoms with Crippen molar-refractivity contribution in [3.8, 4) is 11.1 Å². The van der Waals surface area contributed by atoms with Crippen LogP contribution in [0.4, 0.5) is 11.4 Å². The van der Waals surface area contributed by atoms with E-state index >= 15 is 0 Å². The average molecular weight is 396 g/mol. The summed E-state index contributed by atoms with van der Waals surface area (Å²) < 4.78 is 1.71. The summed E-state index contributed by atoms with van der Waals surface area (Å²) >= 11 is 0. The third-order valence-electron chi connectivity index (χ3n) is 5.46. The first kappa shape index (κ1) is 19.6. The zero-order valence-electron chi connectivity index (χ0n) is 17.4. The maximum atomic E-state index is 12.9. The van der Waals surface area contributed by atoms with E-state index in [0.717, 1.165) is 35.3 Å². The molecule has 1 saturated carbocycles. The molecule has 0 bridgehead atoms. The standard InChI is InChI=1S/C22H28N4O3/c1-14-11-25(21(28)16-5-6-16)20-9-17(7-8-19(20)26(14)15(2)27)18-10-23-24(12-18)13-22(3,4)29/h7-10,12,14,16,29H,5-6,11,13H2,1-4H3/t14-/m0/s1. The Hall–Kier alpha value is -2.67. The van der Waals surface area contributed by atoms with Gasteiger partial charge in [0, 0.05) is 31.1 Å². The first-order chi connectivity index (χ1) is 13.6. The number of nitrogens with zero attached hydrogens (tertiary/aromatic N) is 4. The second-order valence-electron chi connectivity index (χ2n) is 8.90. The number of aliphatic hydroxyl groups is 1. The number of hydrogen-bond donors (Lipinski definition) is 1. The molecule has 1 atom stereocenters. The van der Waals surface area contributed by atoms with E-state index in [1.807, 2.05) is 36.2 Å². The van der Waals surface area contributed by atoms with Crippen LogP contribution in [0.2, 0.25) is 0 Å². The van der Waals surface area contributed by atoms with Gasteiger partial charge in [0.2, 0.25) is 11.8 Å². The lowest BCUT2D eigenvalue weighted by molar-refractivity contribution is -0.120. The Morgan fingerprint density at radius 2 is 1.93 bits per heavy atom. The van der Waals surface area contributed by atoms with Crippen molar-refractivity contribution in [3.63, 3.8) is 0 Å². The number of hydrogen-bond acceptors (Lipinski definition) is 4. The Bertz CT molecular complexity index is 955. The molecule has 2 aromatic rings. The molecule has 154 valence electrons. The van der Waals surface area contributed by atoms with E-state index in [9.17, 15) is 14.7 Å². The number of amides is 2. The highest BCUT2D eigenvalue weighted by Crippen LogP contribution is 2.42. The Morgan fingerprint density at radius 1 is 1.21 bits per heavy atom. The van der Waals surface area contributed by atoms with Crippen molar-refractivity contribution in [1.29, 1.82) is 0 Å². The predicted octanol–water partition coefficient (Wildman–Crippen LogP) is 2.82. The van der Waals surface area contributed by atoms with Gasteiger partial charge in [0.05, 0.1) is 35.8 Å². The van der Waals surface area contributed by atoms with Crippen LogP contribution in [0.3, 0.4) is 0 Å². The number of carbonyl (C=O) groups excluding carboxylic acids is 2. The van der Waals surface area contributed by atoms with Gasteiger partial charge in [0.25, 0.3) is 0 Å². The lowest BCUT2D eigenvalue weighted by atomic mass is 10.0.